The van der Waals surface area contributed by atoms with Crippen LogP contribution in [0.25, 0.3) is 0 Å². The van der Waals surface area contributed by atoms with Gasteiger partial charge >= 0.3 is 0 Å². The lowest BCUT2D eigenvalue weighted by molar-refractivity contribution is 0.0834. The largest absolute Gasteiger partial charge is 0.268 e. The molecule has 88 valence electrons. The smallest absolute Gasteiger partial charge is 0.266 e. The molecule has 0 aromatic heterocycles. The van der Waals surface area contributed by atoms with E-state index in [0.717, 1.165) is 3.58 Å². The molecule has 0 saturated carbocycles. The van der Waals surface area contributed by atoms with Gasteiger partial charge < -0.3 is 0 Å². The number of nitrogens with zero attached hydrogens (tertiary/aromatic N) is 2. The summed E-state index contributed by atoms with van der Waals surface area (Å²) in [5, 5.41) is 8.98. The second-order valence-electron chi connectivity index (χ2n) is 3.41. The summed E-state index contributed by atoms with van der Waals surface area (Å²) in [6, 6.07) is 8.85. The van der Waals surface area contributed by atoms with Crippen molar-refractivity contribution in [3.05, 3.63) is 45.6 Å². The zero-order chi connectivity index (χ0) is 12.7. The number of hydrogen-bond acceptors (Lipinski definition) is 2. The molecule has 0 unspecified atom stereocenters. The Kier molecular flexibility index (Phi) is 5.70. The van der Waals surface area contributed by atoms with Crippen molar-refractivity contribution in [2.75, 3.05) is 6.54 Å². The van der Waals surface area contributed by atoms with Crippen molar-refractivity contribution in [3.8, 4) is 6.19 Å². The highest BCUT2D eigenvalue weighted by Gasteiger charge is 2.14. The summed E-state index contributed by atoms with van der Waals surface area (Å²) in [5.41, 5.74) is 0.546. The van der Waals surface area contributed by atoms with Crippen LogP contribution in [0.4, 0.5) is 0 Å². The Balaban J connectivity index is 2.70. The third-order valence-electron chi connectivity index (χ3n) is 2.27. The molecular formula is C13H13IN2O. The molecule has 0 radical (unpaired) electrons. The summed E-state index contributed by atoms with van der Waals surface area (Å²) < 4.78 is 1.14. The van der Waals surface area contributed by atoms with Gasteiger partial charge in [0.2, 0.25) is 0 Å². The summed E-state index contributed by atoms with van der Waals surface area (Å²) in [4.78, 5) is 13.2. The molecule has 1 amide bonds. The van der Waals surface area contributed by atoms with E-state index in [4.69, 9.17) is 5.26 Å². The molecule has 0 atom stereocenters. The van der Waals surface area contributed by atoms with E-state index in [1.54, 1.807) is 24.3 Å². The fraction of sp³-hybridized carbons (Fsp3) is 0.231. The van der Waals surface area contributed by atoms with Gasteiger partial charge in [-0.2, -0.15) is 5.26 Å². The number of carbonyl (C=O) groups is 1. The van der Waals surface area contributed by atoms with Gasteiger partial charge in [-0.25, -0.2) is 4.90 Å². The fourth-order valence-electron chi connectivity index (χ4n) is 1.30. The minimum Gasteiger partial charge on any atom is -0.268 e. The van der Waals surface area contributed by atoms with Gasteiger partial charge in [0.05, 0.1) is 0 Å². The lowest BCUT2D eigenvalue weighted by Gasteiger charge is -2.13. The Bertz CT molecular complexity index is 448. The second-order valence-corrected chi connectivity index (χ2v) is 4.79. The lowest BCUT2D eigenvalue weighted by atomic mass is 10.2. The van der Waals surface area contributed by atoms with E-state index in [-0.39, 0.29) is 5.91 Å². The number of nitriles is 1. The Morgan fingerprint density at radius 2 is 2.12 bits per heavy atom. The molecule has 0 aliphatic rings. The average Bonchev–Trinajstić information content (AvgIpc) is 2.39. The lowest BCUT2D eigenvalue weighted by Crippen LogP contribution is -2.27. The van der Waals surface area contributed by atoms with Crippen molar-refractivity contribution in [1.29, 1.82) is 5.26 Å². The zero-order valence-corrected chi connectivity index (χ0v) is 11.7. The summed E-state index contributed by atoms with van der Waals surface area (Å²) >= 11 is 2.21. The molecule has 3 nitrogen and oxygen atoms in total. The second kappa shape index (κ2) is 7.07. The van der Waals surface area contributed by atoms with E-state index >= 15 is 0 Å². The van der Waals surface area contributed by atoms with Crippen LogP contribution in [-0.2, 0) is 0 Å². The van der Waals surface area contributed by atoms with Gasteiger partial charge in [0.15, 0.2) is 6.19 Å². The van der Waals surface area contributed by atoms with Crippen molar-refractivity contribution in [2.24, 2.45) is 0 Å². The minimum absolute atomic E-state index is 0.242. The molecule has 0 fully saturated rings. The normalized spacial score (nSPS) is 10.8. The fourth-order valence-corrected chi connectivity index (χ4v) is 1.54. The van der Waals surface area contributed by atoms with Crippen LogP contribution in [0.3, 0.4) is 0 Å². The Labute approximate surface area is 115 Å². The molecular weight excluding hydrogens is 327 g/mol. The van der Waals surface area contributed by atoms with Gasteiger partial charge in [0.1, 0.15) is 0 Å². The molecule has 0 aliphatic heterocycles. The van der Waals surface area contributed by atoms with Gasteiger partial charge in [0.25, 0.3) is 5.91 Å². The molecule has 1 aromatic carbocycles. The van der Waals surface area contributed by atoms with E-state index in [2.05, 4.69) is 22.6 Å². The van der Waals surface area contributed by atoms with Crippen LogP contribution in [0.5, 0.6) is 0 Å². The first-order valence-electron chi connectivity index (χ1n) is 5.26. The first kappa shape index (κ1) is 13.7. The molecule has 0 N–H and O–H groups in total. The summed E-state index contributed by atoms with van der Waals surface area (Å²) in [5.74, 6) is -0.242. The van der Waals surface area contributed by atoms with Crippen molar-refractivity contribution in [2.45, 2.75) is 13.3 Å². The first-order valence-corrected chi connectivity index (χ1v) is 6.34. The van der Waals surface area contributed by atoms with E-state index in [1.165, 1.54) is 4.90 Å². The maximum atomic E-state index is 12.0. The van der Waals surface area contributed by atoms with Gasteiger partial charge in [-0.15, -0.1) is 0 Å². The SMILES string of the molecule is C/C=C(/I)CCN(C#N)C(=O)c1ccccc1. The number of benzene rings is 1. The summed E-state index contributed by atoms with van der Waals surface area (Å²) in [6.07, 6.45) is 4.62. The number of allylic oxidation sites excluding steroid dienone is 1. The minimum atomic E-state index is -0.242. The van der Waals surface area contributed by atoms with Gasteiger partial charge in [-0.05, 0) is 51.6 Å². The topological polar surface area (TPSA) is 44.1 Å². The number of amides is 1. The first-order chi connectivity index (χ1) is 8.19. The maximum Gasteiger partial charge on any atom is 0.266 e. The monoisotopic (exact) mass is 340 g/mol. The average molecular weight is 340 g/mol. The highest BCUT2D eigenvalue weighted by atomic mass is 127. The third-order valence-corrected chi connectivity index (χ3v) is 3.44. The van der Waals surface area contributed by atoms with E-state index in [1.807, 2.05) is 25.3 Å². The highest BCUT2D eigenvalue weighted by molar-refractivity contribution is 14.1. The molecule has 17 heavy (non-hydrogen) atoms. The number of halogens is 1. The Hall–Kier alpha value is -1.35. The zero-order valence-electron chi connectivity index (χ0n) is 9.56. The van der Waals surface area contributed by atoms with Crippen LogP contribution in [0.2, 0.25) is 0 Å². The number of rotatable bonds is 4. The van der Waals surface area contributed by atoms with Crippen LogP contribution in [-0.4, -0.2) is 17.4 Å². The number of carbonyl (C=O) groups excluding carboxylic acids is 1. The van der Waals surface area contributed by atoms with Crippen LogP contribution in [0.15, 0.2) is 40.0 Å². The molecule has 1 aromatic rings. The van der Waals surface area contributed by atoms with Crippen LogP contribution in [0, 0.1) is 11.5 Å². The van der Waals surface area contributed by atoms with Crippen LogP contribution < -0.4 is 0 Å². The van der Waals surface area contributed by atoms with Crippen molar-refractivity contribution < 1.29 is 4.79 Å². The quantitative estimate of drug-likeness (QED) is 0.479. The van der Waals surface area contributed by atoms with Gasteiger partial charge in [0, 0.05) is 12.1 Å². The maximum absolute atomic E-state index is 12.0. The van der Waals surface area contributed by atoms with Crippen molar-refractivity contribution in [3.63, 3.8) is 0 Å². The highest BCUT2D eigenvalue weighted by Crippen LogP contribution is 2.12. The van der Waals surface area contributed by atoms with Gasteiger partial charge in [-0.3, -0.25) is 4.79 Å². The standard InChI is InChI=1S/C13H13IN2O/c1-2-12(14)8-9-16(10-15)13(17)11-6-4-3-5-7-11/h2-7H,8-9H2,1H3/b12-2+. The van der Waals surface area contributed by atoms with Crippen LogP contribution >= 0.6 is 22.6 Å². The molecule has 0 aliphatic carbocycles. The van der Waals surface area contributed by atoms with Crippen LogP contribution in [0.1, 0.15) is 23.7 Å². The molecule has 0 saturated heterocycles. The molecule has 0 heterocycles. The molecule has 0 bridgehead atoms. The Morgan fingerprint density at radius 3 is 2.65 bits per heavy atom. The molecule has 1 rings (SSSR count). The van der Waals surface area contributed by atoms with Crippen molar-refractivity contribution in [1.82, 2.24) is 4.90 Å². The summed E-state index contributed by atoms with van der Waals surface area (Å²) in [7, 11) is 0. The van der Waals surface area contributed by atoms with Gasteiger partial charge in [-0.1, -0.05) is 24.3 Å². The van der Waals surface area contributed by atoms with E-state index in [9.17, 15) is 4.79 Å². The van der Waals surface area contributed by atoms with Crippen molar-refractivity contribution >= 4 is 28.5 Å². The number of hydrogen-bond donors (Lipinski definition) is 0. The molecule has 0 spiro atoms. The Morgan fingerprint density at radius 1 is 1.47 bits per heavy atom. The van der Waals surface area contributed by atoms with E-state index in [0.29, 0.717) is 18.5 Å². The predicted octanol–water partition coefficient (Wildman–Crippen LogP) is 3.34. The van der Waals surface area contributed by atoms with E-state index < -0.39 is 0 Å². The predicted molar refractivity (Wildman–Crippen MR) is 75.5 cm³/mol. The summed E-state index contributed by atoms with van der Waals surface area (Å²) in [6.45, 7) is 2.37. The third kappa shape index (κ3) is 4.19. The molecule has 4 heteroatoms.